The molecule has 9 heavy (non-hydrogen) atoms. The molecule has 0 unspecified atom stereocenters. The van der Waals surface area contributed by atoms with Crippen molar-refractivity contribution >= 4 is 12.4 Å². The lowest BCUT2D eigenvalue weighted by Crippen LogP contribution is -2.37. The molecule has 2 nitrogen and oxygen atoms in total. The maximum absolute atomic E-state index is 12.3. The Balaban J connectivity index is 0. The van der Waals surface area contributed by atoms with E-state index in [9.17, 15) is 4.39 Å². The molecule has 1 atom stereocenters. The molecule has 3 N–H and O–H groups in total. The monoisotopic (exact) mass is 157 g/mol. The maximum Gasteiger partial charge on any atom is 0.140 e. The van der Waals surface area contributed by atoms with Gasteiger partial charge in [0.1, 0.15) is 6.17 Å². The Morgan fingerprint density at radius 3 is 2.00 bits per heavy atom. The zero-order chi connectivity index (χ0) is 6.78. The molecule has 4 heteroatoms. The summed E-state index contributed by atoms with van der Waals surface area (Å²) in [7, 11) is 0. The van der Waals surface area contributed by atoms with Crippen molar-refractivity contribution in [3.05, 3.63) is 0 Å². The van der Waals surface area contributed by atoms with Gasteiger partial charge in [0.05, 0.1) is 5.60 Å². The fourth-order valence-electron chi connectivity index (χ4n) is 0.288. The molecule has 0 heterocycles. The van der Waals surface area contributed by atoms with E-state index >= 15 is 0 Å². The predicted molar refractivity (Wildman–Crippen MR) is 37.5 cm³/mol. The first-order chi connectivity index (χ1) is 3.48. The maximum atomic E-state index is 12.3. The summed E-state index contributed by atoms with van der Waals surface area (Å²) in [6.07, 6.45) is -1.32. The van der Waals surface area contributed by atoms with Gasteiger partial charge in [-0.05, 0) is 13.8 Å². The molecule has 0 aromatic heterocycles. The molecule has 0 aromatic carbocycles. The van der Waals surface area contributed by atoms with Crippen molar-refractivity contribution in [1.82, 2.24) is 0 Å². The molecule has 0 bridgehead atoms. The molecule has 0 saturated heterocycles. The van der Waals surface area contributed by atoms with Crippen molar-refractivity contribution < 1.29 is 9.50 Å². The Morgan fingerprint density at radius 1 is 1.67 bits per heavy atom. The molecule has 0 aromatic rings. The van der Waals surface area contributed by atoms with Crippen molar-refractivity contribution in [2.75, 3.05) is 6.54 Å². The minimum absolute atomic E-state index is 0. The van der Waals surface area contributed by atoms with Gasteiger partial charge in [-0.2, -0.15) is 0 Å². The highest BCUT2D eigenvalue weighted by Crippen LogP contribution is 2.09. The van der Waals surface area contributed by atoms with Crippen LogP contribution in [-0.2, 0) is 0 Å². The van der Waals surface area contributed by atoms with Crippen LogP contribution in [-0.4, -0.2) is 23.4 Å². The van der Waals surface area contributed by atoms with Crippen LogP contribution >= 0.6 is 12.4 Å². The van der Waals surface area contributed by atoms with Gasteiger partial charge in [-0.1, -0.05) is 0 Å². The Kier molecular flexibility index (Phi) is 5.33. The smallest absolute Gasteiger partial charge is 0.140 e. The van der Waals surface area contributed by atoms with Gasteiger partial charge in [0, 0.05) is 6.54 Å². The van der Waals surface area contributed by atoms with Gasteiger partial charge >= 0.3 is 0 Å². The third-order valence-electron chi connectivity index (χ3n) is 0.973. The van der Waals surface area contributed by atoms with E-state index in [1.54, 1.807) is 0 Å². The average molecular weight is 158 g/mol. The summed E-state index contributed by atoms with van der Waals surface area (Å²) < 4.78 is 12.3. The summed E-state index contributed by atoms with van der Waals surface area (Å²) in [5, 5.41) is 8.83. The van der Waals surface area contributed by atoms with Crippen molar-refractivity contribution in [2.24, 2.45) is 5.73 Å². The third-order valence-corrected chi connectivity index (χ3v) is 0.973. The number of aliphatic hydroxyl groups is 1. The minimum atomic E-state index is -1.32. The van der Waals surface area contributed by atoms with E-state index in [0.29, 0.717) is 0 Å². The molecule has 0 rings (SSSR count). The molecule has 0 fully saturated rings. The third kappa shape index (κ3) is 4.63. The zero-order valence-electron chi connectivity index (χ0n) is 5.60. The van der Waals surface area contributed by atoms with Crippen molar-refractivity contribution in [3.63, 3.8) is 0 Å². The predicted octanol–water partition coefficient (Wildman–Crippen LogP) is 0.476. The molecule has 0 spiro atoms. The topological polar surface area (TPSA) is 46.2 Å². The molecule has 0 saturated carbocycles. The van der Waals surface area contributed by atoms with E-state index in [1.165, 1.54) is 13.8 Å². The van der Waals surface area contributed by atoms with Crippen LogP contribution < -0.4 is 5.73 Å². The second-order valence-corrected chi connectivity index (χ2v) is 2.36. The zero-order valence-corrected chi connectivity index (χ0v) is 6.41. The van der Waals surface area contributed by atoms with Crippen molar-refractivity contribution in [3.8, 4) is 0 Å². The van der Waals surface area contributed by atoms with Crippen LogP contribution in [0.4, 0.5) is 4.39 Å². The van der Waals surface area contributed by atoms with Crippen LogP contribution in [0, 0.1) is 0 Å². The lowest BCUT2D eigenvalue weighted by Gasteiger charge is -2.20. The van der Waals surface area contributed by atoms with Crippen LogP contribution in [0.1, 0.15) is 13.8 Å². The lowest BCUT2D eigenvalue weighted by molar-refractivity contribution is 0.00143. The average Bonchev–Trinajstić information content (AvgIpc) is 1.62. The molecule has 0 aliphatic carbocycles. The molecular formula is C5H13ClFNO. The number of halogens is 2. The van der Waals surface area contributed by atoms with Gasteiger partial charge in [-0.15, -0.1) is 12.4 Å². The van der Waals surface area contributed by atoms with Crippen molar-refractivity contribution in [2.45, 2.75) is 25.6 Å². The molecule has 0 aliphatic heterocycles. The van der Waals surface area contributed by atoms with Crippen LogP contribution in [0.25, 0.3) is 0 Å². The standard InChI is InChI=1S/C5H12FNO.ClH/c1-5(2,8)4(6)3-7;/h4,8H,3,7H2,1-2H3;1H/t4-;/m1./s1. The van der Waals surface area contributed by atoms with Gasteiger partial charge in [0.15, 0.2) is 0 Å². The fourth-order valence-corrected chi connectivity index (χ4v) is 0.288. The molecule has 0 radical (unpaired) electrons. The molecule has 0 aliphatic rings. The van der Waals surface area contributed by atoms with Crippen LogP contribution in [0.2, 0.25) is 0 Å². The fraction of sp³-hybridized carbons (Fsp3) is 1.00. The van der Waals surface area contributed by atoms with E-state index < -0.39 is 11.8 Å². The number of nitrogens with two attached hydrogens (primary N) is 1. The van der Waals surface area contributed by atoms with Crippen molar-refractivity contribution in [1.29, 1.82) is 0 Å². The summed E-state index contributed by atoms with van der Waals surface area (Å²) in [6, 6.07) is 0. The van der Waals surface area contributed by atoms with E-state index in [4.69, 9.17) is 10.8 Å². The second-order valence-electron chi connectivity index (χ2n) is 2.36. The van der Waals surface area contributed by atoms with Gasteiger partial charge in [-0.3, -0.25) is 0 Å². The summed E-state index contributed by atoms with van der Waals surface area (Å²) in [5.74, 6) is 0. The van der Waals surface area contributed by atoms with Gasteiger partial charge < -0.3 is 10.8 Å². The number of hydrogen-bond acceptors (Lipinski definition) is 2. The van der Waals surface area contributed by atoms with Gasteiger partial charge in [-0.25, -0.2) is 4.39 Å². The number of rotatable bonds is 2. The van der Waals surface area contributed by atoms with Crippen LogP contribution in [0.3, 0.4) is 0 Å². The highest BCUT2D eigenvalue weighted by molar-refractivity contribution is 5.85. The van der Waals surface area contributed by atoms with E-state index in [2.05, 4.69) is 0 Å². The van der Waals surface area contributed by atoms with Crippen LogP contribution in [0.5, 0.6) is 0 Å². The largest absolute Gasteiger partial charge is 0.387 e. The second kappa shape index (κ2) is 4.04. The summed E-state index contributed by atoms with van der Waals surface area (Å²) in [4.78, 5) is 0. The molecular weight excluding hydrogens is 145 g/mol. The Hall–Kier alpha value is 0.140. The lowest BCUT2D eigenvalue weighted by atomic mass is 10.0. The highest BCUT2D eigenvalue weighted by Gasteiger charge is 2.24. The number of alkyl halides is 1. The number of hydrogen-bond donors (Lipinski definition) is 2. The van der Waals surface area contributed by atoms with Gasteiger partial charge in [0.2, 0.25) is 0 Å². The first kappa shape index (κ1) is 11.9. The molecule has 58 valence electrons. The summed E-state index contributed by atoms with van der Waals surface area (Å²) >= 11 is 0. The summed E-state index contributed by atoms with van der Waals surface area (Å²) in [5.41, 5.74) is 3.64. The first-order valence-corrected chi connectivity index (χ1v) is 2.55. The highest BCUT2D eigenvalue weighted by atomic mass is 35.5. The van der Waals surface area contributed by atoms with E-state index in [-0.39, 0.29) is 19.0 Å². The molecule has 0 amide bonds. The van der Waals surface area contributed by atoms with E-state index in [1.807, 2.05) is 0 Å². The SMILES string of the molecule is CC(C)(O)[C@H](F)CN.Cl. The first-order valence-electron chi connectivity index (χ1n) is 2.55. The Bertz CT molecular complexity index is 73.8. The minimum Gasteiger partial charge on any atom is -0.387 e. The van der Waals surface area contributed by atoms with Gasteiger partial charge in [0.25, 0.3) is 0 Å². The Morgan fingerprint density at radius 2 is 2.00 bits per heavy atom. The van der Waals surface area contributed by atoms with Crippen LogP contribution in [0.15, 0.2) is 0 Å². The normalized spacial score (nSPS) is 14.3. The van der Waals surface area contributed by atoms with E-state index in [0.717, 1.165) is 0 Å². The summed E-state index contributed by atoms with van der Waals surface area (Å²) in [6.45, 7) is 2.67. The Labute approximate surface area is 60.7 Å². The quantitative estimate of drug-likeness (QED) is 0.613.